The van der Waals surface area contributed by atoms with E-state index in [4.69, 9.17) is 19.5 Å². The van der Waals surface area contributed by atoms with Crippen LogP contribution in [-0.2, 0) is 9.53 Å². The van der Waals surface area contributed by atoms with Gasteiger partial charge < -0.3 is 24.0 Å². The van der Waals surface area contributed by atoms with Gasteiger partial charge in [0.2, 0.25) is 0 Å². The SMILES string of the molecule is N#Cc1ccc(OCCN2CC(C(=O)N3CCOCC3)Oc3ccccc32)cc1. The summed E-state index contributed by atoms with van der Waals surface area (Å²) in [6.07, 6.45) is -0.544. The van der Waals surface area contributed by atoms with Gasteiger partial charge in [0.25, 0.3) is 5.91 Å². The highest BCUT2D eigenvalue weighted by Gasteiger charge is 2.33. The Morgan fingerprint density at radius 1 is 1.14 bits per heavy atom. The van der Waals surface area contributed by atoms with E-state index in [9.17, 15) is 4.79 Å². The Hall–Kier alpha value is -3.24. The average Bonchev–Trinajstić information content (AvgIpc) is 2.79. The van der Waals surface area contributed by atoms with Gasteiger partial charge in [-0.2, -0.15) is 5.26 Å². The Morgan fingerprint density at radius 2 is 1.90 bits per heavy atom. The molecule has 29 heavy (non-hydrogen) atoms. The Morgan fingerprint density at radius 3 is 2.66 bits per heavy atom. The van der Waals surface area contributed by atoms with Gasteiger partial charge in [0.1, 0.15) is 18.1 Å². The van der Waals surface area contributed by atoms with Crippen LogP contribution in [0.3, 0.4) is 0 Å². The van der Waals surface area contributed by atoms with Crippen molar-refractivity contribution in [2.45, 2.75) is 6.10 Å². The summed E-state index contributed by atoms with van der Waals surface area (Å²) in [4.78, 5) is 16.9. The number of hydrogen-bond donors (Lipinski definition) is 0. The number of ether oxygens (including phenoxy) is 3. The molecule has 0 N–H and O–H groups in total. The zero-order chi connectivity index (χ0) is 20.1. The van der Waals surface area contributed by atoms with E-state index in [1.165, 1.54) is 0 Å². The number of anilines is 1. The summed E-state index contributed by atoms with van der Waals surface area (Å²) in [5, 5.41) is 8.88. The first-order valence-corrected chi connectivity index (χ1v) is 9.75. The van der Waals surface area contributed by atoms with Gasteiger partial charge in [-0.1, -0.05) is 12.1 Å². The molecule has 1 amide bonds. The first-order chi connectivity index (χ1) is 14.2. The number of carbonyl (C=O) groups excluding carboxylic acids is 1. The summed E-state index contributed by atoms with van der Waals surface area (Å²) >= 11 is 0. The zero-order valence-electron chi connectivity index (χ0n) is 16.1. The van der Waals surface area contributed by atoms with Gasteiger partial charge in [0, 0.05) is 13.1 Å². The fraction of sp³-hybridized carbons (Fsp3) is 0.364. The molecule has 0 bridgehead atoms. The Labute approximate surface area is 170 Å². The van der Waals surface area contributed by atoms with Crippen LogP contribution in [0.25, 0.3) is 0 Å². The molecule has 1 atom stereocenters. The van der Waals surface area contributed by atoms with Crippen LogP contribution in [0.5, 0.6) is 11.5 Å². The van der Waals surface area contributed by atoms with Gasteiger partial charge >= 0.3 is 0 Å². The van der Waals surface area contributed by atoms with E-state index in [0.717, 1.165) is 5.69 Å². The topological polar surface area (TPSA) is 75.0 Å². The van der Waals surface area contributed by atoms with Crippen molar-refractivity contribution in [3.8, 4) is 17.6 Å². The second-order valence-electron chi connectivity index (χ2n) is 6.94. The fourth-order valence-corrected chi connectivity index (χ4v) is 3.53. The summed E-state index contributed by atoms with van der Waals surface area (Å²) < 4.78 is 17.2. The van der Waals surface area contributed by atoms with Crippen LogP contribution in [0.1, 0.15) is 5.56 Å². The lowest BCUT2D eigenvalue weighted by Gasteiger charge is -2.38. The molecule has 2 aromatic rings. The quantitative estimate of drug-likeness (QED) is 0.774. The lowest BCUT2D eigenvalue weighted by molar-refractivity contribution is -0.142. The second-order valence-corrected chi connectivity index (χ2v) is 6.94. The largest absolute Gasteiger partial charge is 0.492 e. The number of nitrogens with zero attached hydrogens (tertiary/aromatic N) is 3. The molecule has 0 aliphatic carbocycles. The maximum absolute atomic E-state index is 12.9. The minimum atomic E-state index is -0.544. The van der Waals surface area contributed by atoms with E-state index in [1.54, 1.807) is 24.3 Å². The summed E-state index contributed by atoms with van der Waals surface area (Å²) in [6.45, 7) is 3.88. The molecular weight excluding hydrogens is 370 g/mol. The van der Waals surface area contributed by atoms with Crippen molar-refractivity contribution < 1.29 is 19.0 Å². The maximum Gasteiger partial charge on any atom is 0.265 e. The van der Waals surface area contributed by atoms with E-state index < -0.39 is 6.10 Å². The highest BCUT2D eigenvalue weighted by Crippen LogP contribution is 2.33. The van der Waals surface area contributed by atoms with Gasteiger partial charge in [-0.25, -0.2) is 0 Å². The number of nitriles is 1. The van der Waals surface area contributed by atoms with Crippen molar-refractivity contribution >= 4 is 11.6 Å². The molecule has 2 aromatic carbocycles. The summed E-state index contributed by atoms with van der Waals surface area (Å²) in [6, 6.07) is 16.9. The van der Waals surface area contributed by atoms with Crippen molar-refractivity contribution in [3.63, 3.8) is 0 Å². The van der Waals surface area contributed by atoms with Gasteiger partial charge in [0.05, 0.1) is 43.6 Å². The first kappa shape index (κ1) is 19.1. The van der Waals surface area contributed by atoms with Crippen molar-refractivity contribution in [2.75, 3.05) is 50.9 Å². The minimum absolute atomic E-state index is 0.000753. The van der Waals surface area contributed by atoms with Crippen molar-refractivity contribution in [1.29, 1.82) is 5.26 Å². The first-order valence-electron chi connectivity index (χ1n) is 9.75. The van der Waals surface area contributed by atoms with Crippen LogP contribution in [0.15, 0.2) is 48.5 Å². The van der Waals surface area contributed by atoms with Crippen LogP contribution >= 0.6 is 0 Å². The molecule has 0 aromatic heterocycles. The molecular formula is C22H23N3O4. The fourth-order valence-electron chi connectivity index (χ4n) is 3.53. The molecule has 0 spiro atoms. The summed E-state index contributed by atoms with van der Waals surface area (Å²) in [5.41, 5.74) is 1.56. The number of rotatable bonds is 5. The smallest absolute Gasteiger partial charge is 0.265 e. The number of hydrogen-bond acceptors (Lipinski definition) is 6. The van der Waals surface area contributed by atoms with Crippen molar-refractivity contribution in [2.24, 2.45) is 0 Å². The molecule has 7 heteroatoms. The Bertz CT molecular complexity index is 888. The van der Waals surface area contributed by atoms with E-state index in [0.29, 0.717) is 63.1 Å². The number of fused-ring (bicyclic) bond motifs is 1. The van der Waals surface area contributed by atoms with Crippen LogP contribution in [0.2, 0.25) is 0 Å². The lowest BCUT2D eigenvalue weighted by atomic mass is 10.1. The molecule has 0 radical (unpaired) electrons. The highest BCUT2D eigenvalue weighted by atomic mass is 16.5. The van der Waals surface area contributed by atoms with Crippen molar-refractivity contribution in [1.82, 2.24) is 4.90 Å². The predicted molar refractivity (Wildman–Crippen MR) is 107 cm³/mol. The van der Waals surface area contributed by atoms with E-state index in [-0.39, 0.29) is 5.91 Å². The molecule has 0 saturated carbocycles. The number of amides is 1. The third-order valence-electron chi connectivity index (χ3n) is 5.07. The van der Waals surface area contributed by atoms with Gasteiger partial charge in [0.15, 0.2) is 6.10 Å². The molecule has 1 unspecified atom stereocenters. The highest BCUT2D eigenvalue weighted by molar-refractivity contribution is 5.83. The molecule has 7 nitrogen and oxygen atoms in total. The summed E-state index contributed by atoms with van der Waals surface area (Å²) in [5.74, 6) is 1.43. The van der Waals surface area contributed by atoms with E-state index >= 15 is 0 Å². The van der Waals surface area contributed by atoms with E-state index in [2.05, 4.69) is 11.0 Å². The van der Waals surface area contributed by atoms with Crippen LogP contribution in [0.4, 0.5) is 5.69 Å². The molecule has 2 aliphatic rings. The van der Waals surface area contributed by atoms with Gasteiger partial charge in [-0.3, -0.25) is 4.79 Å². The normalized spacial score (nSPS) is 18.4. The zero-order valence-corrected chi connectivity index (χ0v) is 16.1. The Kier molecular flexibility index (Phi) is 5.82. The monoisotopic (exact) mass is 393 g/mol. The van der Waals surface area contributed by atoms with Crippen molar-refractivity contribution in [3.05, 3.63) is 54.1 Å². The standard InChI is InChI=1S/C22H23N3O4/c23-15-17-5-7-18(8-6-17)28-14-11-25-16-21(22(26)24-9-12-27-13-10-24)29-20-4-2-1-3-19(20)25/h1-8,21H,9-14,16H2. The minimum Gasteiger partial charge on any atom is -0.492 e. The predicted octanol–water partition coefficient (Wildman–Crippen LogP) is 2.06. The number of morpholine rings is 1. The molecule has 1 fully saturated rings. The van der Waals surface area contributed by atoms with Gasteiger partial charge in [-0.05, 0) is 36.4 Å². The molecule has 1 saturated heterocycles. The van der Waals surface area contributed by atoms with Crippen LogP contribution in [0, 0.1) is 11.3 Å². The maximum atomic E-state index is 12.9. The second kappa shape index (κ2) is 8.84. The van der Waals surface area contributed by atoms with Crippen LogP contribution < -0.4 is 14.4 Å². The average molecular weight is 393 g/mol. The number of para-hydroxylation sites is 2. The van der Waals surface area contributed by atoms with E-state index in [1.807, 2.05) is 29.2 Å². The number of benzene rings is 2. The van der Waals surface area contributed by atoms with Gasteiger partial charge in [-0.15, -0.1) is 0 Å². The molecule has 150 valence electrons. The number of carbonyl (C=O) groups is 1. The van der Waals surface area contributed by atoms with Crippen LogP contribution in [-0.4, -0.2) is 62.9 Å². The Balaban J connectivity index is 1.41. The lowest BCUT2D eigenvalue weighted by Crippen LogP contribution is -2.53. The third-order valence-corrected chi connectivity index (χ3v) is 5.07. The third kappa shape index (κ3) is 4.44. The molecule has 4 rings (SSSR count). The molecule has 2 aliphatic heterocycles. The summed E-state index contributed by atoms with van der Waals surface area (Å²) in [7, 11) is 0. The molecule has 2 heterocycles.